The third kappa shape index (κ3) is 3.05. The Morgan fingerprint density at radius 3 is 3.15 bits per heavy atom. The lowest BCUT2D eigenvalue weighted by Gasteiger charge is -2.35. The Hall–Kier alpha value is -0.910. The number of hydrogen-bond donors (Lipinski definition) is 1. The van der Waals surface area contributed by atoms with Gasteiger partial charge >= 0.3 is 0 Å². The van der Waals surface area contributed by atoms with Gasteiger partial charge in [-0.1, -0.05) is 15.9 Å². The molecule has 20 heavy (non-hydrogen) atoms. The Morgan fingerprint density at radius 2 is 2.35 bits per heavy atom. The second kappa shape index (κ2) is 5.84. The molecule has 0 aliphatic carbocycles. The largest absolute Gasteiger partial charge is 0.439 e. The number of benzene rings is 1. The highest BCUT2D eigenvalue weighted by molar-refractivity contribution is 9.10. The van der Waals surface area contributed by atoms with Crippen LogP contribution in [0.15, 0.2) is 27.1 Å². The molecule has 0 spiro atoms. The molecular formula is C15H20BrN3O. The number of halogens is 1. The molecule has 108 valence electrons. The maximum atomic E-state index is 5.76. The van der Waals surface area contributed by atoms with E-state index in [1.54, 1.807) is 0 Å². The topological polar surface area (TPSA) is 41.3 Å². The van der Waals surface area contributed by atoms with Crippen LogP contribution in [0.4, 0.5) is 0 Å². The van der Waals surface area contributed by atoms with Gasteiger partial charge in [0.25, 0.3) is 0 Å². The van der Waals surface area contributed by atoms with Crippen molar-refractivity contribution in [2.24, 2.45) is 0 Å². The van der Waals surface area contributed by atoms with Crippen molar-refractivity contribution in [2.75, 3.05) is 13.6 Å². The van der Waals surface area contributed by atoms with Gasteiger partial charge in [0.1, 0.15) is 5.52 Å². The zero-order chi connectivity index (χ0) is 14.1. The van der Waals surface area contributed by atoms with Crippen LogP contribution in [0, 0.1) is 0 Å². The molecule has 2 atom stereocenters. The summed E-state index contributed by atoms with van der Waals surface area (Å²) in [7, 11) is 2.19. The lowest BCUT2D eigenvalue weighted by Crippen LogP contribution is -2.45. The standard InChI is InChI=1S/C15H20BrN3O/c1-10-7-12(5-6-19(10)2)17-9-15-18-13-8-11(16)3-4-14(13)20-15/h3-4,8,10,12,17H,5-7,9H2,1-2H3. The van der Waals surface area contributed by atoms with Gasteiger partial charge in [0.15, 0.2) is 5.58 Å². The number of hydrogen-bond acceptors (Lipinski definition) is 4. The van der Waals surface area contributed by atoms with Gasteiger partial charge in [-0.3, -0.25) is 0 Å². The summed E-state index contributed by atoms with van der Waals surface area (Å²) in [6.07, 6.45) is 2.37. The molecule has 2 heterocycles. The molecule has 5 heteroatoms. The summed E-state index contributed by atoms with van der Waals surface area (Å²) in [5.41, 5.74) is 1.76. The van der Waals surface area contributed by atoms with Crippen LogP contribution >= 0.6 is 15.9 Å². The molecule has 2 aromatic rings. The first-order chi connectivity index (χ1) is 9.61. The van der Waals surface area contributed by atoms with Crippen molar-refractivity contribution in [3.05, 3.63) is 28.6 Å². The quantitative estimate of drug-likeness (QED) is 0.933. The van der Waals surface area contributed by atoms with Crippen molar-refractivity contribution in [3.8, 4) is 0 Å². The monoisotopic (exact) mass is 337 g/mol. The van der Waals surface area contributed by atoms with E-state index in [0.717, 1.165) is 28.0 Å². The highest BCUT2D eigenvalue weighted by Gasteiger charge is 2.22. The van der Waals surface area contributed by atoms with Gasteiger partial charge in [-0.15, -0.1) is 0 Å². The Kier molecular flexibility index (Phi) is 4.10. The second-order valence-corrected chi connectivity index (χ2v) is 6.57. The number of nitrogens with one attached hydrogen (secondary N) is 1. The van der Waals surface area contributed by atoms with E-state index in [-0.39, 0.29) is 0 Å². The van der Waals surface area contributed by atoms with Gasteiger partial charge < -0.3 is 14.6 Å². The lowest BCUT2D eigenvalue weighted by molar-refractivity contribution is 0.166. The number of likely N-dealkylation sites (tertiary alicyclic amines) is 1. The Balaban J connectivity index is 1.62. The molecular weight excluding hydrogens is 318 g/mol. The summed E-state index contributed by atoms with van der Waals surface area (Å²) in [4.78, 5) is 6.93. The van der Waals surface area contributed by atoms with Crippen LogP contribution < -0.4 is 5.32 Å². The molecule has 1 saturated heterocycles. The van der Waals surface area contributed by atoms with Crippen molar-refractivity contribution in [3.63, 3.8) is 0 Å². The minimum absolute atomic E-state index is 0.558. The van der Waals surface area contributed by atoms with E-state index in [0.29, 0.717) is 18.6 Å². The van der Waals surface area contributed by atoms with E-state index < -0.39 is 0 Å². The molecule has 0 radical (unpaired) electrons. The minimum Gasteiger partial charge on any atom is -0.439 e. The predicted molar refractivity (Wildman–Crippen MR) is 83.7 cm³/mol. The fourth-order valence-electron chi connectivity index (χ4n) is 2.73. The summed E-state index contributed by atoms with van der Waals surface area (Å²) in [5.74, 6) is 0.768. The first kappa shape index (κ1) is 14.0. The van der Waals surface area contributed by atoms with Crippen molar-refractivity contribution in [2.45, 2.75) is 38.4 Å². The van der Waals surface area contributed by atoms with Crippen LogP contribution in [0.25, 0.3) is 11.1 Å². The zero-order valence-electron chi connectivity index (χ0n) is 11.9. The van der Waals surface area contributed by atoms with Gasteiger partial charge in [-0.2, -0.15) is 0 Å². The molecule has 1 aliphatic heterocycles. The third-order valence-electron chi connectivity index (χ3n) is 4.14. The van der Waals surface area contributed by atoms with Crippen LogP contribution in [0.2, 0.25) is 0 Å². The zero-order valence-corrected chi connectivity index (χ0v) is 13.5. The molecule has 2 unspecified atom stereocenters. The van der Waals surface area contributed by atoms with E-state index >= 15 is 0 Å². The maximum Gasteiger partial charge on any atom is 0.209 e. The van der Waals surface area contributed by atoms with E-state index in [4.69, 9.17) is 4.42 Å². The second-order valence-electron chi connectivity index (χ2n) is 5.65. The number of oxazole rings is 1. The highest BCUT2D eigenvalue weighted by atomic mass is 79.9. The average molecular weight is 338 g/mol. The van der Waals surface area contributed by atoms with E-state index in [1.165, 1.54) is 12.8 Å². The van der Waals surface area contributed by atoms with Crippen LogP contribution in [-0.4, -0.2) is 35.6 Å². The maximum absolute atomic E-state index is 5.76. The molecule has 4 nitrogen and oxygen atoms in total. The van der Waals surface area contributed by atoms with Crippen LogP contribution in [0.3, 0.4) is 0 Å². The highest BCUT2D eigenvalue weighted by Crippen LogP contribution is 2.21. The number of piperidine rings is 1. The summed E-state index contributed by atoms with van der Waals surface area (Å²) >= 11 is 3.45. The number of fused-ring (bicyclic) bond motifs is 1. The van der Waals surface area contributed by atoms with Gasteiger partial charge in [-0.05, 0) is 51.6 Å². The number of aromatic nitrogens is 1. The Labute approximate surface area is 127 Å². The molecule has 0 bridgehead atoms. The molecule has 1 aromatic heterocycles. The fraction of sp³-hybridized carbons (Fsp3) is 0.533. The summed E-state index contributed by atoms with van der Waals surface area (Å²) < 4.78 is 6.79. The van der Waals surface area contributed by atoms with Crippen LogP contribution in [-0.2, 0) is 6.54 Å². The fourth-order valence-corrected chi connectivity index (χ4v) is 3.08. The minimum atomic E-state index is 0.558. The Bertz CT molecular complexity index is 598. The van der Waals surface area contributed by atoms with Gasteiger partial charge in [-0.25, -0.2) is 4.98 Å². The Morgan fingerprint density at radius 1 is 1.50 bits per heavy atom. The summed E-state index contributed by atoms with van der Waals surface area (Å²) in [6.45, 7) is 4.14. The van der Waals surface area contributed by atoms with Crippen molar-refractivity contribution < 1.29 is 4.42 Å². The number of nitrogens with zero attached hydrogens (tertiary/aromatic N) is 2. The smallest absolute Gasteiger partial charge is 0.209 e. The molecule has 0 amide bonds. The predicted octanol–water partition coefficient (Wildman–Crippen LogP) is 3.16. The van der Waals surface area contributed by atoms with Crippen molar-refractivity contribution in [1.82, 2.24) is 15.2 Å². The third-order valence-corrected chi connectivity index (χ3v) is 4.64. The molecule has 1 aliphatic rings. The van der Waals surface area contributed by atoms with Gasteiger partial charge in [0, 0.05) is 16.6 Å². The first-order valence-corrected chi connectivity index (χ1v) is 7.89. The van der Waals surface area contributed by atoms with Gasteiger partial charge in [0.2, 0.25) is 5.89 Å². The lowest BCUT2D eigenvalue weighted by atomic mass is 9.99. The average Bonchev–Trinajstić information content (AvgIpc) is 2.82. The van der Waals surface area contributed by atoms with Crippen molar-refractivity contribution in [1.29, 1.82) is 0 Å². The van der Waals surface area contributed by atoms with Crippen LogP contribution in [0.5, 0.6) is 0 Å². The molecule has 1 N–H and O–H groups in total. The van der Waals surface area contributed by atoms with Crippen LogP contribution in [0.1, 0.15) is 25.7 Å². The molecule has 1 aromatic carbocycles. The summed E-state index contributed by atoms with van der Waals surface area (Å²) in [6, 6.07) is 7.11. The van der Waals surface area contributed by atoms with Crippen molar-refractivity contribution >= 4 is 27.0 Å². The first-order valence-electron chi connectivity index (χ1n) is 7.10. The normalized spacial score (nSPS) is 24.4. The molecule has 0 saturated carbocycles. The van der Waals surface area contributed by atoms with Gasteiger partial charge in [0.05, 0.1) is 6.54 Å². The summed E-state index contributed by atoms with van der Waals surface area (Å²) in [5, 5.41) is 3.57. The SMILES string of the molecule is CC1CC(NCc2nc3cc(Br)ccc3o2)CCN1C. The number of rotatable bonds is 3. The van der Waals surface area contributed by atoms with E-state index in [9.17, 15) is 0 Å². The molecule has 3 rings (SSSR count). The van der Waals surface area contributed by atoms with E-state index in [1.807, 2.05) is 18.2 Å². The van der Waals surface area contributed by atoms with E-state index in [2.05, 4.69) is 45.1 Å². The molecule has 1 fully saturated rings.